The van der Waals surface area contributed by atoms with Crippen LogP contribution in [0.25, 0.3) is 0 Å². The highest BCUT2D eigenvalue weighted by molar-refractivity contribution is 5.92. The van der Waals surface area contributed by atoms with Crippen molar-refractivity contribution in [3.63, 3.8) is 0 Å². The maximum atomic E-state index is 11.7. The van der Waals surface area contributed by atoms with Crippen molar-refractivity contribution in [1.82, 2.24) is 0 Å². The molecule has 0 amide bonds. The van der Waals surface area contributed by atoms with Crippen molar-refractivity contribution in [2.24, 2.45) is 0 Å². The molecule has 0 saturated carbocycles. The number of nitrogen functional groups attached to an aromatic ring is 1. The average Bonchev–Trinajstić information content (AvgIpc) is 2.48. The van der Waals surface area contributed by atoms with E-state index in [9.17, 15) is 4.79 Å². The number of ether oxygens (including phenoxy) is 1. The van der Waals surface area contributed by atoms with Crippen molar-refractivity contribution in [2.75, 3.05) is 24.2 Å². The van der Waals surface area contributed by atoms with Gasteiger partial charge in [0.1, 0.15) is 0 Å². The lowest BCUT2D eigenvalue weighted by atomic mass is 10.1. The van der Waals surface area contributed by atoms with E-state index in [0.29, 0.717) is 17.9 Å². The van der Waals surface area contributed by atoms with Gasteiger partial charge in [0.15, 0.2) is 0 Å². The fourth-order valence-corrected chi connectivity index (χ4v) is 2.18. The summed E-state index contributed by atoms with van der Waals surface area (Å²) >= 11 is 0. The molecule has 0 atom stereocenters. The number of benzene rings is 1. The third-order valence-corrected chi connectivity index (χ3v) is 3.41. The summed E-state index contributed by atoms with van der Waals surface area (Å²) in [6, 6.07) is 5.21. The number of anilines is 2. The molecule has 3 N–H and O–H groups in total. The first-order valence-electron chi connectivity index (χ1n) is 7.99. The molecule has 118 valence electrons. The van der Waals surface area contributed by atoms with Gasteiger partial charge in [0, 0.05) is 6.54 Å². The molecule has 4 nitrogen and oxygen atoms in total. The molecule has 0 aliphatic carbocycles. The Morgan fingerprint density at radius 1 is 1.14 bits per heavy atom. The van der Waals surface area contributed by atoms with Crippen LogP contribution in [0.5, 0.6) is 0 Å². The zero-order valence-electron chi connectivity index (χ0n) is 13.3. The van der Waals surface area contributed by atoms with E-state index < -0.39 is 0 Å². The molecule has 21 heavy (non-hydrogen) atoms. The molecular weight excluding hydrogens is 264 g/mol. The second kappa shape index (κ2) is 10.1. The van der Waals surface area contributed by atoms with Crippen LogP contribution in [0.4, 0.5) is 11.4 Å². The second-order valence-corrected chi connectivity index (χ2v) is 5.22. The molecule has 0 fully saturated rings. The molecule has 0 aliphatic rings. The Kier molecular flexibility index (Phi) is 8.32. The standard InChI is InChI=1S/C17H28N2O2/c1-3-5-6-7-8-9-12-19-16-13-14(10-11-15(16)18)17(20)21-4-2/h10-11,13,19H,3-9,12,18H2,1-2H3. The predicted octanol–water partition coefficient (Wildman–Crippen LogP) is 4.22. The first-order valence-corrected chi connectivity index (χ1v) is 7.99. The first-order chi connectivity index (χ1) is 10.2. The van der Waals surface area contributed by atoms with Crippen molar-refractivity contribution >= 4 is 17.3 Å². The molecule has 0 heterocycles. The van der Waals surface area contributed by atoms with E-state index in [2.05, 4.69) is 12.2 Å². The third kappa shape index (κ3) is 6.52. The van der Waals surface area contributed by atoms with Gasteiger partial charge in [0.2, 0.25) is 0 Å². The Morgan fingerprint density at radius 3 is 2.57 bits per heavy atom. The van der Waals surface area contributed by atoms with E-state index >= 15 is 0 Å². The van der Waals surface area contributed by atoms with Crippen molar-refractivity contribution in [2.45, 2.75) is 52.4 Å². The molecule has 0 radical (unpaired) electrons. The minimum Gasteiger partial charge on any atom is -0.462 e. The number of nitrogens with two attached hydrogens (primary N) is 1. The van der Waals surface area contributed by atoms with E-state index in [1.54, 1.807) is 25.1 Å². The van der Waals surface area contributed by atoms with Crippen LogP contribution in [-0.4, -0.2) is 19.1 Å². The van der Waals surface area contributed by atoms with Crippen molar-refractivity contribution in [1.29, 1.82) is 0 Å². The maximum absolute atomic E-state index is 11.7. The van der Waals surface area contributed by atoms with Gasteiger partial charge >= 0.3 is 5.97 Å². The van der Waals surface area contributed by atoms with Gasteiger partial charge in [-0.25, -0.2) is 4.79 Å². The number of unbranched alkanes of at least 4 members (excludes halogenated alkanes) is 5. The fraction of sp³-hybridized carbons (Fsp3) is 0.588. The highest BCUT2D eigenvalue weighted by Gasteiger charge is 2.08. The number of nitrogens with one attached hydrogen (secondary N) is 1. The minimum atomic E-state index is -0.305. The molecule has 4 heteroatoms. The lowest BCUT2D eigenvalue weighted by molar-refractivity contribution is 0.0526. The van der Waals surface area contributed by atoms with E-state index in [1.165, 1.54) is 32.1 Å². The molecule has 0 saturated heterocycles. The van der Waals surface area contributed by atoms with Crippen LogP contribution in [0.15, 0.2) is 18.2 Å². The van der Waals surface area contributed by atoms with Crippen LogP contribution in [0.2, 0.25) is 0 Å². The lowest BCUT2D eigenvalue weighted by Gasteiger charge is -2.11. The summed E-state index contributed by atoms with van der Waals surface area (Å²) in [6.45, 7) is 5.28. The smallest absolute Gasteiger partial charge is 0.338 e. The molecule has 1 aromatic rings. The van der Waals surface area contributed by atoms with E-state index in [0.717, 1.165) is 18.7 Å². The van der Waals surface area contributed by atoms with E-state index in [-0.39, 0.29) is 5.97 Å². The van der Waals surface area contributed by atoms with Crippen LogP contribution in [0.1, 0.15) is 62.7 Å². The van der Waals surface area contributed by atoms with Gasteiger partial charge in [0.05, 0.1) is 23.5 Å². The predicted molar refractivity (Wildman–Crippen MR) is 88.7 cm³/mol. The van der Waals surface area contributed by atoms with Gasteiger partial charge in [-0.1, -0.05) is 39.0 Å². The van der Waals surface area contributed by atoms with Gasteiger partial charge < -0.3 is 15.8 Å². The third-order valence-electron chi connectivity index (χ3n) is 3.41. The normalized spacial score (nSPS) is 10.4. The molecule has 1 rings (SSSR count). The monoisotopic (exact) mass is 292 g/mol. The van der Waals surface area contributed by atoms with Crippen LogP contribution in [0, 0.1) is 0 Å². The summed E-state index contributed by atoms with van der Waals surface area (Å²) in [7, 11) is 0. The largest absolute Gasteiger partial charge is 0.462 e. The van der Waals surface area contributed by atoms with E-state index in [1.807, 2.05) is 0 Å². The highest BCUT2D eigenvalue weighted by Crippen LogP contribution is 2.20. The summed E-state index contributed by atoms with van der Waals surface area (Å²) in [5.41, 5.74) is 7.94. The SMILES string of the molecule is CCCCCCCCNc1cc(C(=O)OCC)ccc1N. The summed E-state index contributed by atoms with van der Waals surface area (Å²) in [6.07, 6.45) is 7.54. The topological polar surface area (TPSA) is 64.3 Å². The van der Waals surface area contributed by atoms with E-state index in [4.69, 9.17) is 10.5 Å². The van der Waals surface area contributed by atoms with Gasteiger partial charge in [-0.2, -0.15) is 0 Å². The van der Waals surface area contributed by atoms with Gasteiger partial charge in [-0.05, 0) is 31.5 Å². The average molecular weight is 292 g/mol. The van der Waals surface area contributed by atoms with Gasteiger partial charge in [-0.3, -0.25) is 0 Å². The molecule has 1 aromatic carbocycles. The Hall–Kier alpha value is -1.71. The van der Waals surface area contributed by atoms with Crippen molar-refractivity contribution in [3.05, 3.63) is 23.8 Å². The molecule has 0 bridgehead atoms. The number of hydrogen-bond acceptors (Lipinski definition) is 4. The van der Waals surface area contributed by atoms with Gasteiger partial charge in [0.25, 0.3) is 0 Å². The molecule has 0 aromatic heterocycles. The first kappa shape index (κ1) is 17.3. The summed E-state index contributed by atoms with van der Waals surface area (Å²) in [4.78, 5) is 11.7. The molecular formula is C17H28N2O2. The van der Waals surface area contributed by atoms with Crippen LogP contribution in [-0.2, 0) is 4.74 Å². The van der Waals surface area contributed by atoms with Crippen molar-refractivity contribution < 1.29 is 9.53 Å². The Balaban J connectivity index is 2.40. The number of rotatable bonds is 10. The van der Waals surface area contributed by atoms with Crippen LogP contribution >= 0.6 is 0 Å². The summed E-state index contributed by atoms with van der Waals surface area (Å²) in [5.74, 6) is -0.305. The Labute approximate surface area is 128 Å². The number of hydrogen-bond donors (Lipinski definition) is 2. The quantitative estimate of drug-likeness (QED) is 0.385. The zero-order chi connectivity index (χ0) is 15.5. The number of carbonyl (C=O) groups is 1. The van der Waals surface area contributed by atoms with Crippen LogP contribution in [0.3, 0.4) is 0 Å². The van der Waals surface area contributed by atoms with Crippen LogP contribution < -0.4 is 11.1 Å². The van der Waals surface area contributed by atoms with Crippen molar-refractivity contribution in [3.8, 4) is 0 Å². The summed E-state index contributed by atoms with van der Waals surface area (Å²) in [5, 5.41) is 3.31. The molecule has 0 aliphatic heterocycles. The Morgan fingerprint density at radius 2 is 1.86 bits per heavy atom. The zero-order valence-corrected chi connectivity index (χ0v) is 13.3. The fourth-order valence-electron chi connectivity index (χ4n) is 2.18. The molecule has 0 spiro atoms. The highest BCUT2D eigenvalue weighted by atomic mass is 16.5. The minimum absolute atomic E-state index is 0.305. The Bertz CT molecular complexity index is 433. The molecule has 0 unspecified atom stereocenters. The number of esters is 1. The van der Waals surface area contributed by atoms with Gasteiger partial charge in [-0.15, -0.1) is 0 Å². The maximum Gasteiger partial charge on any atom is 0.338 e. The lowest BCUT2D eigenvalue weighted by Crippen LogP contribution is -2.08. The number of carbonyl (C=O) groups excluding carboxylic acids is 1. The second-order valence-electron chi connectivity index (χ2n) is 5.22. The summed E-state index contributed by atoms with van der Waals surface area (Å²) < 4.78 is 5.00.